The van der Waals surface area contributed by atoms with E-state index >= 15 is 0 Å². The molecule has 0 aromatic rings. The summed E-state index contributed by atoms with van der Waals surface area (Å²) < 4.78 is 4.88. The second kappa shape index (κ2) is 7.55. The fraction of sp³-hybridized carbons (Fsp3) is 0.875. The number of halogens is 1. The Hall–Kier alpha value is -0.0900. The van der Waals surface area contributed by atoms with Gasteiger partial charge in [-0.1, -0.05) is 15.9 Å². The van der Waals surface area contributed by atoms with Crippen LogP contribution in [-0.2, 0) is 9.53 Å². The second-order valence-corrected chi connectivity index (χ2v) is 3.44. The SMILES string of the molecule is CC(CO)C(=O)OCCCCBr. The lowest BCUT2D eigenvalue weighted by atomic mass is 10.2. The number of rotatable bonds is 6. The molecule has 0 heterocycles. The summed E-state index contributed by atoms with van der Waals surface area (Å²) in [4.78, 5) is 10.9. The van der Waals surface area contributed by atoms with E-state index in [0.29, 0.717) is 6.61 Å². The molecule has 0 saturated carbocycles. The number of aliphatic hydroxyl groups is 1. The van der Waals surface area contributed by atoms with Crippen molar-refractivity contribution >= 4 is 21.9 Å². The van der Waals surface area contributed by atoms with Crippen molar-refractivity contribution in [3.63, 3.8) is 0 Å². The molecule has 0 fully saturated rings. The maximum absolute atomic E-state index is 10.9. The summed E-state index contributed by atoms with van der Waals surface area (Å²) in [5, 5.41) is 9.53. The predicted octanol–water partition coefficient (Wildman–Crippen LogP) is 1.33. The monoisotopic (exact) mass is 238 g/mol. The third-order valence-corrected chi connectivity index (χ3v) is 2.01. The molecule has 1 N–H and O–H groups in total. The molecular formula is C8H15BrO3. The van der Waals surface area contributed by atoms with Crippen LogP contribution in [0.2, 0.25) is 0 Å². The number of alkyl halides is 1. The van der Waals surface area contributed by atoms with E-state index in [2.05, 4.69) is 15.9 Å². The maximum Gasteiger partial charge on any atom is 0.310 e. The first-order valence-corrected chi connectivity index (χ1v) is 5.18. The van der Waals surface area contributed by atoms with Gasteiger partial charge in [0.1, 0.15) is 0 Å². The summed E-state index contributed by atoms with van der Waals surface area (Å²) in [5.74, 6) is -0.707. The molecule has 0 saturated heterocycles. The van der Waals surface area contributed by atoms with Gasteiger partial charge in [-0.2, -0.15) is 0 Å². The average Bonchev–Trinajstić information content (AvgIpc) is 2.10. The van der Waals surface area contributed by atoms with E-state index in [9.17, 15) is 4.79 Å². The van der Waals surface area contributed by atoms with E-state index in [1.807, 2.05) is 0 Å². The standard InChI is InChI=1S/C8H15BrO3/c1-7(6-10)8(11)12-5-3-2-4-9/h7,10H,2-6H2,1H3. The zero-order valence-electron chi connectivity index (χ0n) is 7.25. The Bertz CT molecular complexity index is 127. The lowest BCUT2D eigenvalue weighted by molar-refractivity contribution is -0.149. The molecule has 0 rings (SSSR count). The van der Waals surface area contributed by atoms with Gasteiger partial charge in [-0.15, -0.1) is 0 Å². The van der Waals surface area contributed by atoms with Crippen LogP contribution >= 0.6 is 15.9 Å². The van der Waals surface area contributed by atoms with Crippen molar-refractivity contribution in [2.45, 2.75) is 19.8 Å². The van der Waals surface area contributed by atoms with Crippen LogP contribution in [0.1, 0.15) is 19.8 Å². The third-order valence-electron chi connectivity index (χ3n) is 1.45. The minimum atomic E-state index is -0.394. The molecule has 1 atom stereocenters. The first-order chi connectivity index (χ1) is 5.72. The van der Waals surface area contributed by atoms with Crippen molar-refractivity contribution < 1.29 is 14.6 Å². The zero-order valence-corrected chi connectivity index (χ0v) is 8.84. The normalized spacial score (nSPS) is 12.6. The Morgan fingerprint density at radius 3 is 2.75 bits per heavy atom. The van der Waals surface area contributed by atoms with E-state index in [1.165, 1.54) is 0 Å². The van der Waals surface area contributed by atoms with E-state index in [4.69, 9.17) is 9.84 Å². The maximum atomic E-state index is 10.9. The van der Waals surface area contributed by atoms with Crippen LogP contribution < -0.4 is 0 Å². The third kappa shape index (κ3) is 5.55. The minimum Gasteiger partial charge on any atom is -0.465 e. The van der Waals surface area contributed by atoms with Gasteiger partial charge in [0.15, 0.2) is 0 Å². The van der Waals surface area contributed by atoms with E-state index < -0.39 is 5.92 Å². The Morgan fingerprint density at radius 1 is 1.58 bits per heavy atom. The Balaban J connectivity index is 3.31. The summed E-state index contributed by atoms with van der Waals surface area (Å²) in [7, 11) is 0. The molecule has 3 nitrogen and oxygen atoms in total. The second-order valence-electron chi connectivity index (χ2n) is 2.65. The van der Waals surface area contributed by atoms with Gasteiger partial charge in [-0.3, -0.25) is 4.79 Å². The molecule has 0 aromatic carbocycles. The fourth-order valence-electron chi connectivity index (χ4n) is 0.586. The number of unbranched alkanes of at least 4 members (excludes halogenated alkanes) is 1. The Kier molecular flexibility index (Phi) is 7.50. The smallest absolute Gasteiger partial charge is 0.310 e. The highest BCUT2D eigenvalue weighted by Crippen LogP contribution is 1.99. The van der Waals surface area contributed by atoms with Crippen molar-refractivity contribution in [3.8, 4) is 0 Å². The molecule has 0 bridgehead atoms. The average molecular weight is 239 g/mol. The van der Waals surface area contributed by atoms with Crippen LogP contribution in [0, 0.1) is 5.92 Å². The first kappa shape index (κ1) is 11.9. The van der Waals surface area contributed by atoms with Crippen molar-refractivity contribution in [1.82, 2.24) is 0 Å². The zero-order chi connectivity index (χ0) is 9.40. The molecule has 0 aromatic heterocycles. The van der Waals surface area contributed by atoms with Crippen LogP contribution in [0.4, 0.5) is 0 Å². The van der Waals surface area contributed by atoms with Crippen LogP contribution in [0.15, 0.2) is 0 Å². The largest absolute Gasteiger partial charge is 0.465 e. The van der Waals surface area contributed by atoms with Gasteiger partial charge in [0, 0.05) is 5.33 Å². The van der Waals surface area contributed by atoms with Crippen LogP contribution in [0.5, 0.6) is 0 Å². The molecule has 4 heteroatoms. The lowest BCUT2D eigenvalue weighted by Crippen LogP contribution is -2.18. The number of ether oxygens (including phenoxy) is 1. The molecule has 0 aliphatic heterocycles. The van der Waals surface area contributed by atoms with E-state index in [-0.39, 0.29) is 12.6 Å². The number of hydrogen-bond acceptors (Lipinski definition) is 3. The quantitative estimate of drug-likeness (QED) is 0.432. The summed E-state index contributed by atoms with van der Waals surface area (Å²) in [6.07, 6.45) is 1.87. The number of hydrogen-bond donors (Lipinski definition) is 1. The Labute approximate surface area is 81.2 Å². The highest BCUT2D eigenvalue weighted by molar-refractivity contribution is 9.09. The summed E-state index contributed by atoms with van der Waals surface area (Å²) >= 11 is 3.28. The van der Waals surface area contributed by atoms with Gasteiger partial charge in [0.25, 0.3) is 0 Å². The van der Waals surface area contributed by atoms with E-state index in [1.54, 1.807) is 6.92 Å². The van der Waals surface area contributed by atoms with Crippen molar-refractivity contribution in [3.05, 3.63) is 0 Å². The van der Waals surface area contributed by atoms with Crippen molar-refractivity contribution in [2.24, 2.45) is 5.92 Å². The minimum absolute atomic E-state index is 0.142. The number of esters is 1. The molecule has 0 spiro atoms. The van der Waals surface area contributed by atoms with E-state index in [0.717, 1.165) is 18.2 Å². The van der Waals surface area contributed by atoms with Crippen molar-refractivity contribution in [2.75, 3.05) is 18.5 Å². The molecule has 0 amide bonds. The number of carbonyl (C=O) groups excluding carboxylic acids is 1. The summed E-state index contributed by atoms with van der Waals surface area (Å²) in [6, 6.07) is 0. The summed E-state index contributed by atoms with van der Waals surface area (Å²) in [6.45, 7) is 1.96. The van der Waals surface area contributed by atoms with Gasteiger partial charge < -0.3 is 9.84 Å². The van der Waals surface area contributed by atoms with Crippen LogP contribution in [0.3, 0.4) is 0 Å². The molecule has 0 radical (unpaired) electrons. The molecule has 72 valence electrons. The number of aliphatic hydroxyl groups excluding tert-OH is 1. The molecule has 12 heavy (non-hydrogen) atoms. The predicted molar refractivity (Wildman–Crippen MR) is 50.2 cm³/mol. The number of carbonyl (C=O) groups is 1. The fourth-order valence-corrected chi connectivity index (χ4v) is 0.983. The molecular weight excluding hydrogens is 224 g/mol. The topological polar surface area (TPSA) is 46.5 Å². The van der Waals surface area contributed by atoms with Gasteiger partial charge in [0.05, 0.1) is 19.1 Å². The van der Waals surface area contributed by atoms with Crippen LogP contribution in [0.25, 0.3) is 0 Å². The molecule has 0 aliphatic carbocycles. The highest BCUT2D eigenvalue weighted by Gasteiger charge is 2.11. The first-order valence-electron chi connectivity index (χ1n) is 4.05. The molecule has 1 unspecified atom stereocenters. The molecule has 0 aliphatic rings. The lowest BCUT2D eigenvalue weighted by Gasteiger charge is -2.07. The van der Waals surface area contributed by atoms with Crippen molar-refractivity contribution in [1.29, 1.82) is 0 Å². The highest BCUT2D eigenvalue weighted by atomic mass is 79.9. The van der Waals surface area contributed by atoms with Gasteiger partial charge in [0.2, 0.25) is 0 Å². The van der Waals surface area contributed by atoms with Crippen LogP contribution in [-0.4, -0.2) is 29.6 Å². The van der Waals surface area contributed by atoms with Gasteiger partial charge >= 0.3 is 5.97 Å². The summed E-state index contributed by atoms with van der Waals surface area (Å²) in [5.41, 5.74) is 0. The van der Waals surface area contributed by atoms with Gasteiger partial charge in [-0.05, 0) is 19.8 Å². The Morgan fingerprint density at radius 2 is 2.25 bits per heavy atom. The van der Waals surface area contributed by atoms with Gasteiger partial charge in [-0.25, -0.2) is 0 Å².